The molecule has 0 saturated carbocycles. The molecule has 0 unspecified atom stereocenters. The van der Waals surface area contributed by atoms with Gasteiger partial charge in [-0.05, 0) is 72.9 Å². The second-order valence-corrected chi connectivity index (χ2v) is 12.8. The minimum Gasteiger partial charge on any atom is -0.361 e. The predicted molar refractivity (Wildman–Crippen MR) is 167 cm³/mol. The van der Waals surface area contributed by atoms with E-state index in [0.717, 1.165) is 28.6 Å². The number of nitrogens with zero attached hydrogens (tertiary/aromatic N) is 4. The van der Waals surface area contributed by atoms with Gasteiger partial charge in [-0.2, -0.15) is 0 Å². The van der Waals surface area contributed by atoms with Crippen LogP contribution in [0, 0.1) is 13.8 Å². The highest BCUT2D eigenvalue weighted by atomic mass is 32.1. The Morgan fingerprint density at radius 3 is 2.46 bits per heavy atom. The number of hydrogen-bond donors (Lipinski definition) is 0. The van der Waals surface area contributed by atoms with Crippen molar-refractivity contribution in [2.75, 3.05) is 18.6 Å². The molecule has 3 aromatic heterocycles. The zero-order valence-electron chi connectivity index (χ0n) is 23.9. The number of anilines is 1. The summed E-state index contributed by atoms with van der Waals surface area (Å²) in [7, 11) is 2.11. The molecule has 2 aromatic carbocycles. The molecule has 6 rings (SSSR count). The van der Waals surface area contributed by atoms with E-state index >= 15 is 0 Å². The number of fused-ring (bicyclic) bond motifs is 3. The Labute approximate surface area is 235 Å². The van der Waals surface area contributed by atoms with Crippen molar-refractivity contribution in [1.82, 2.24) is 14.9 Å². The first-order chi connectivity index (χ1) is 18.6. The lowest BCUT2D eigenvalue weighted by atomic mass is 9.79. The third-order valence-corrected chi connectivity index (χ3v) is 9.07. The Kier molecular flexibility index (Phi) is 6.22. The highest BCUT2D eigenvalue weighted by Crippen LogP contribution is 2.41. The molecule has 0 radical (unpaired) electrons. The summed E-state index contributed by atoms with van der Waals surface area (Å²) in [5.74, 6) is 0.394. The van der Waals surface area contributed by atoms with Gasteiger partial charge in [0.05, 0.1) is 18.1 Å². The molecule has 5 aromatic rings. The van der Waals surface area contributed by atoms with Crippen LogP contribution in [0.3, 0.4) is 0 Å². The van der Waals surface area contributed by atoms with E-state index in [2.05, 4.69) is 131 Å². The predicted octanol–water partition coefficient (Wildman–Crippen LogP) is 8.76. The summed E-state index contributed by atoms with van der Waals surface area (Å²) in [6, 6.07) is 22.4. The van der Waals surface area contributed by atoms with Gasteiger partial charge in [-0.15, -0.1) is 11.3 Å². The Morgan fingerprint density at radius 1 is 0.897 bits per heavy atom. The summed E-state index contributed by atoms with van der Waals surface area (Å²) in [6.07, 6.45) is 4.28. The average molecular weight is 533 g/mol. The van der Waals surface area contributed by atoms with Crippen molar-refractivity contribution < 1.29 is 0 Å². The van der Waals surface area contributed by atoms with E-state index in [0.29, 0.717) is 5.92 Å². The number of benzene rings is 2. The molecule has 4 nitrogen and oxygen atoms in total. The molecule has 0 fully saturated rings. The van der Waals surface area contributed by atoms with E-state index < -0.39 is 0 Å². The van der Waals surface area contributed by atoms with Crippen LogP contribution in [0.25, 0.3) is 31.6 Å². The van der Waals surface area contributed by atoms with Crippen molar-refractivity contribution in [1.29, 1.82) is 0 Å². The van der Waals surface area contributed by atoms with Gasteiger partial charge in [-0.1, -0.05) is 52.0 Å². The normalized spacial score (nSPS) is 13.9. The third kappa shape index (κ3) is 4.59. The zero-order chi connectivity index (χ0) is 27.5. The summed E-state index contributed by atoms with van der Waals surface area (Å²) < 4.78 is 1.26. The monoisotopic (exact) mass is 532 g/mol. The summed E-state index contributed by atoms with van der Waals surface area (Å²) in [6.45, 7) is 14.3. The van der Waals surface area contributed by atoms with Crippen molar-refractivity contribution in [2.45, 2.75) is 52.9 Å². The lowest BCUT2D eigenvalue weighted by molar-refractivity contribution is 0.495. The van der Waals surface area contributed by atoms with Gasteiger partial charge in [0.2, 0.25) is 0 Å². The molecule has 0 N–H and O–H groups in total. The first kappa shape index (κ1) is 25.6. The van der Waals surface area contributed by atoms with Crippen molar-refractivity contribution in [3.05, 3.63) is 101 Å². The van der Waals surface area contributed by atoms with Crippen LogP contribution >= 0.6 is 11.3 Å². The second-order valence-electron chi connectivity index (χ2n) is 11.8. The van der Waals surface area contributed by atoms with Gasteiger partial charge >= 0.3 is 0 Å². The molecule has 1 aliphatic heterocycles. The Hall–Kier alpha value is -3.70. The fraction of sp³-hybridized carbons (Fsp3) is 0.294. The summed E-state index contributed by atoms with van der Waals surface area (Å²) in [5, 5.41) is 2.47. The lowest BCUT2D eigenvalue weighted by Crippen LogP contribution is -2.24. The number of aromatic nitrogens is 2. The zero-order valence-corrected chi connectivity index (χ0v) is 24.7. The molecule has 0 bridgehead atoms. The quantitative estimate of drug-likeness (QED) is 0.226. The van der Waals surface area contributed by atoms with Crippen LogP contribution in [0.2, 0.25) is 0 Å². The topological polar surface area (TPSA) is 32.3 Å². The van der Waals surface area contributed by atoms with E-state index in [1.165, 1.54) is 43.4 Å². The number of pyridine rings is 2. The molecular weight excluding hydrogens is 496 g/mol. The first-order valence-electron chi connectivity index (χ1n) is 13.7. The molecule has 1 aliphatic rings. The molecule has 39 heavy (non-hydrogen) atoms. The molecule has 0 spiro atoms. The van der Waals surface area contributed by atoms with Crippen LogP contribution in [0.15, 0.2) is 73.1 Å². The molecule has 0 aliphatic carbocycles. The van der Waals surface area contributed by atoms with Gasteiger partial charge in [0.1, 0.15) is 4.83 Å². The van der Waals surface area contributed by atoms with E-state index in [-0.39, 0.29) is 5.41 Å². The Balaban J connectivity index is 1.51. The van der Waals surface area contributed by atoms with E-state index in [1.807, 2.05) is 0 Å². The van der Waals surface area contributed by atoms with Crippen molar-refractivity contribution in [2.24, 2.45) is 0 Å². The van der Waals surface area contributed by atoms with E-state index in [1.54, 1.807) is 11.3 Å². The smallest absolute Gasteiger partial charge is 0.124 e. The standard InChI is InChI=1S/C34H36N4S/c1-21(2)24-17-30(29-10-8-9-27-28-12-11-23(4)35-33(28)39-32(27)29)36-31(18-24)34(5,6)25-15-22(3)16-26(19-25)38-14-13-37(7)20-38/h8-19,21H,20H2,1-7H3. The van der Waals surface area contributed by atoms with E-state index in [4.69, 9.17) is 9.97 Å². The van der Waals surface area contributed by atoms with Crippen molar-refractivity contribution in [3.8, 4) is 11.3 Å². The fourth-order valence-electron chi connectivity index (χ4n) is 5.45. The SMILES string of the molecule is Cc1cc(N2C=CN(C)C2)cc(C(C)(C)c2cc(C(C)C)cc(-c3cccc4c3sc3nc(C)ccc34)n2)c1. The van der Waals surface area contributed by atoms with Gasteiger partial charge in [-0.3, -0.25) is 4.98 Å². The van der Waals surface area contributed by atoms with Crippen LogP contribution in [0.1, 0.15) is 61.7 Å². The summed E-state index contributed by atoms with van der Waals surface area (Å²) >= 11 is 1.77. The molecular formula is C34H36N4S. The molecule has 4 heterocycles. The maximum Gasteiger partial charge on any atom is 0.124 e. The second kappa shape index (κ2) is 9.49. The minimum atomic E-state index is -0.275. The molecule has 0 atom stereocenters. The number of aryl methyl sites for hydroxylation is 2. The number of hydrogen-bond acceptors (Lipinski definition) is 5. The highest BCUT2D eigenvalue weighted by molar-refractivity contribution is 7.26. The Morgan fingerprint density at radius 2 is 1.72 bits per heavy atom. The van der Waals surface area contributed by atoms with Crippen LogP contribution in [0.4, 0.5) is 5.69 Å². The molecule has 0 saturated heterocycles. The van der Waals surface area contributed by atoms with Gasteiger partial charge in [-0.25, -0.2) is 4.98 Å². The number of thiophene rings is 1. The fourth-order valence-corrected chi connectivity index (χ4v) is 6.69. The maximum atomic E-state index is 5.39. The van der Waals surface area contributed by atoms with Gasteiger partial charge in [0.25, 0.3) is 0 Å². The van der Waals surface area contributed by atoms with Gasteiger partial charge in [0.15, 0.2) is 0 Å². The highest BCUT2D eigenvalue weighted by Gasteiger charge is 2.28. The Bertz CT molecular complexity index is 1740. The van der Waals surface area contributed by atoms with E-state index in [9.17, 15) is 0 Å². The van der Waals surface area contributed by atoms with Crippen molar-refractivity contribution in [3.63, 3.8) is 0 Å². The van der Waals surface area contributed by atoms with Crippen LogP contribution in [-0.2, 0) is 5.41 Å². The van der Waals surface area contributed by atoms with Crippen LogP contribution < -0.4 is 4.90 Å². The largest absolute Gasteiger partial charge is 0.361 e. The first-order valence-corrected chi connectivity index (χ1v) is 14.5. The molecule has 198 valence electrons. The maximum absolute atomic E-state index is 5.39. The molecule has 5 heteroatoms. The summed E-state index contributed by atoms with van der Waals surface area (Å²) in [4.78, 5) is 15.8. The van der Waals surface area contributed by atoms with Crippen LogP contribution in [-0.4, -0.2) is 28.6 Å². The minimum absolute atomic E-state index is 0.275. The van der Waals surface area contributed by atoms with Crippen LogP contribution in [0.5, 0.6) is 0 Å². The molecule has 0 amide bonds. The summed E-state index contributed by atoms with van der Waals surface area (Å²) in [5.41, 5.74) is 9.16. The van der Waals surface area contributed by atoms with Crippen molar-refractivity contribution >= 4 is 37.3 Å². The third-order valence-electron chi connectivity index (χ3n) is 7.93. The number of rotatable bonds is 5. The lowest BCUT2D eigenvalue weighted by Gasteiger charge is -2.29. The van der Waals surface area contributed by atoms with Gasteiger partial charge in [0, 0.05) is 57.3 Å². The van der Waals surface area contributed by atoms with Gasteiger partial charge < -0.3 is 9.80 Å². The average Bonchev–Trinajstić information content (AvgIpc) is 3.50.